The van der Waals surface area contributed by atoms with Crippen LogP contribution in [-0.2, 0) is 27.4 Å². The normalized spacial score (nSPS) is 15.9. The van der Waals surface area contributed by atoms with Gasteiger partial charge in [0.05, 0.1) is 31.4 Å². The number of hydrogen-bond donors (Lipinski definition) is 1. The molecule has 1 aliphatic rings. The van der Waals surface area contributed by atoms with Crippen molar-refractivity contribution in [2.24, 2.45) is 0 Å². The van der Waals surface area contributed by atoms with E-state index in [0.717, 1.165) is 43.9 Å². The Balaban J connectivity index is 1.88. The topological polar surface area (TPSA) is 72.5 Å². The maximum Gasteiger partial charge on any atom is 0.325 e. The van der Waals surface area contributed by atoms with Gasteiger partial charge in [-0.3, -0.25) is 19.7 Å². The van der Waals surface area contributed by atoms with Gasteiger partial charge in [0.1, 0.15) is 6.54 Å². The molecule has 0 bridgehead atoms. The zero-order valence-corrected chi connectivity index (χ0v) is 13.3. The van der Waals surface area contributed by atoms with Crippen molar-refractivity contribution in [3.63, 3.8) is 0 Å². The summed E-state index contributed by atoms with van der Waals surface area (Å²) in [6.07, 6.45) is 0. The van der Waals surface area contributed by atoms with Gasteiger partial charge in [0, 0.05) is 26.2 Å². The number of aromatic nitrogens is 2. The third-order valence-corrected chi connectivity index (χ3v) is 4.23. The maximum atomic E-state index is 11.6. The molecule has 0 spiro atoms. The molecule has 1 N–H and O–H groups in total. The standard InChI is InChI=1S/C16H22N4O3/c1-22-15(21)12-20-14-5-3-2-4-13(14)19(16(20)17)7-6-18-8-10-23-11-9-18/h2-5,17H,6-12H2,1H3. The SMILES string of the molecule is COC(=O)Cn1c(=N)n(CCN2CCOCC2)c2ccccc21. The van der Waals surface area contributed by atoms with Crippen molar-refractivity contribution in [1.82, 2.24) is 14.0 Å². The minimum Gasteiger partial charge on any atom is -0.468 e. The first-order chi connectivity index (χ1) is 11.2. The lowest BCUT2D eigenvalue weighted by Crippen LogP contribution is -2.39. The van der Waals surface area contributed by atoms with Crippen molar-refractivity contribution in [3.8, 4) is 0 Å². The number of rotatable bonds is 5. The number of hydrogen-bond acceptors (Lipinski definition) is 5. The van der Waals surface area contributed by atoms with E-state index in [9.17, 15) is 4.79 Å². The van der Waals surface area contributed by atoms with Crippen LogP contribution in [0.15, 0.2) is 24.3 Å². The summed E-state index contributed by atoms with van der Waals surface area (Å²) in [5.41, 5.74) is 2.17. The van der Waals surface area contributed by atoms with E-state index < -0.39 is 0 Å². The molecule has 7 heteroatoms. The average molecular weight is 318 g/mol. The Labute approximate surface area is 134 Å². The van der Waals surface area contributed by atoms with E-state index in [1.807, 2.05) is 28.8 Å². The molecule has 0 saturated carbocycles. The van der Waals surface area contributed by atoms with Crippen LogP contribution in [0, 0.1) is 5.41 Å². The van der Waals surface area contributed by atoms with E-state index in [-0.39, 0.29) is 12.5 Å². The van der Waals surface area contributed by atoms with Crippen molar-refractivity contribution in [2.45, 2.75) is 13.1 Å². The van der Waals surface area contributed by atoms with Gasteiger partial charge in [-0.25, -0.2) is 0 Å². The summed E-state index contributed by atoms with van der Waals surface area (Å²) in [4.78, 5) is 14.0. The fraction of sp³-hybridized carbons (Fsp3) is 0.500. The molecule has 1 aromatic heterocycles. The monoisotopic (exact) mass is 318 g/mol. The van der Waals surface area contributed by atoms with Crippen molar-refractivity contribution in [1.29, 1.82) is 5.41 Å². The number of benzene rings is 1. The largest absolute Gasteiger partial charge is 0.468 e. The Kier molecular flexibility index (Phi) is 4.78. The molecule has 23 heavy (non-hydrogen) atoms. The minimum atomic E-state index is -0.348. The summed E-state index contributed by atoms with van der Waals surface area (Å²) in [6, 6.07) is 7.79. The second-order valence-corrected chi connectivity index (χ2v) is 5.58. The lowest BCUT2D eigenvalue weighted by Gasteiger charge is -2.26. The molecule has 1 aromatic carbocycles. The number of fused-ring (bicyclic) bond motifs is 1. The molecular weight excluding hydrogens is 296 g/mol. The Hall–Kier alpha value is -2.12. The molecular formula is C16H22N4O3. The molecule has 2 heterocycles. The number of carbonyl (C=O) groups is 1. The van der Waals surface area contributed by atoms with Crippen LogP contribution in [0.2, 0.25) is 0 Å². The smallest absolute Gasteiger partial charge is 0.325 e. The summed E-state index contributed by atoms with van der Waals surface area (Å²) in [7, 11) is 1.37. The molecule has 2 aromatic rings. The predicted molar refractivity (Wildman–Crippen MR) is 85.1 cm³/mol. The van der Waals surface area contributed by atoms with E-state index in [4.69, 9.17) is 14.9 Å². The molecule has 3 rings (SSSR count). The highest BCUT2D eigenvalue weighted by Gasteiger charge is 2.15. The van der Waals surface area contributed by atoms with Gasteiger partial charge in [0.2, 0.25) is 5.62 Å². The van der Waals surface area contributed by atoms with E-state index in [2.05, 4.69) is 4.90 Å². The highest BCUT2D eigenvalue weighted by molar-refractivity contribution is 5.78. The van der Waals surface area contributed by atoms with Gasteiger partial charge in [0.15, 0.2) is 0 Å². The van der Waals surface area contributed by atoms with Gasteiger partial charge < -0.3 is 14.0 Å². The number of imidazole rings is 1. The summed E-state index contributed by atoms with van der Waals surface area (Å²) in [5, 5.41) is 8.44. The Morgan fingerprint density at radius 3 is 2.48 bits per heavy atom. The first-order valence-corrected chi connectivity index (χ1v) is 7.80. The molecule has 1 aliphatic heterocycles. The van der Waals surface area contributed by atoms with Crippen LogP contribution >= 0.6 is 0 Å². The van der Waals surface area contributed by atoms with E-state index in [1.165, 1.54) is 7.11 Å². The fourth-order valence-corrected chi connectivity index (χ4v) is 2.94. The lowest BCUT2D eigenvalue weighted by atomic mass is 10.3. The number of morpholine rings is 1. The highest BCUT2D eigenvalue weighted by atomic mass is 16.5. The molecule has 7 nitrogen and oxygen atoms in total. The molecule has 124 valence electrons. The first kappa shape index (κ1) is 15.8. The zero-order valence-electron chi connectivity index (χ0n) is 13.3. The van der Waals surface area contributed by atoms with Crippen LogP contribution in [0.5, 0.6) is 0 Å². The Bertz CT molecular complexity index is 743. The molecule has 0 unspecified atom stereocenters. The minimum absolute atomic E-state index is 0.0560. The molecule has 1 fully saturated rings. The highest BCUT2D eigenvalue weighted by Crippen LogP contribution is 2.13. The first-order valence-electron chi connectivity index (χ1n) is 7.80. The van der Waals surface area contributed by atoms with E-state index >= 15 is 0 Å². The quantitative estimate of drug-likeness (QED) is 0.812. The lowest BCUT2D eigenvalue weighted by molar-refractivity contribution is -0.141. The van der Waals surface area contributed by atoms with Crippen molar-refractivity contribution in [2.75, 3.05) is 40.0 Å². The summed E-state index contributed by atoms with van der Waals surface area (Å²) >= 11 is 0. The molecule has 0 atom stereocenters. The summed E-state index contributed by atoms with van der Waals surface area (Å²) < 4.78 is 13.8. The van der Waals surface area contributed by atoms with Crippen molar-refractivity contribution in [3.05, 3.63) is 29.9 Å². The van der Waals surface area contributed by atoms with Gasteiger partial charge in [-0.2, -0.15) is 0 Å². The second-order valence-electron chi connectivity index (χ2n) is 5.58. The molecule has 0 aliphatic carbocycles. The summed E-state index contributed by atoms with van der Waals surface area (Å²) in [5.74, 6) is -0.348. The Morgan fingerprint density at radius 2 is 1.83 bits per heavy atom. The third kappa shape index (κ3) is 3.30. The van der Waals surface area contributed by atoms with Gasteiger partial charge >= 0.3 is 5.97 Å². The van der Waals surface area contributed by atoms with Crippen molar-refractivity contribution >= 4 is 17.0 Å². The zero-order chi connectivity index (χ0) is 16.2. The number of ether oxygens (including phenoxy) is 2. The maximum absolute atomic E-state index is 11.6. The number of carbonyl (C=O) groups excluding carboxylic acids is 1. The molecule has 1 saturated heterocycles. The van der Waals surface area contributed by atoms with Crippen LogP contribution in [0.4, 0.5) is 0 Å². The molecule has 0 radical (unpaired) electrons. The fourth-order valence-electron chi connectivity index (χ4n) is 2.94. The second kappa shape index (κ2) is 6.97. The number of para-hydroxylation sites is 2. The van der Waals surface area contributed by atoms with Crippen LogP contribution in [0.3, 0.4) is 0 Å². The van der Waals surface area contributed by atoms with E-state index in [1.54, 1.807) is 4.57 Å². The van der Waals surface area contributed by atoms with Gasteiger partial charge in [-0.15, -0.1) is 0 Å². The number of nitrogens with zero attached hydrogens (tertiary/aromatic N) is 3. The van der Waals surface area contributed by atoms with Gasteiger partial charge in [-0.05, 0) is 12.1 Å². The third-order valence-electron chi connectivity index (χ3n) is 4.23. The average Bonchev–Trinajstić information content (AvgIpc) is 2.86. The predicted octanol–water partition coefficient (Wildman–Crippen LogP) is 0.427. The Morgan fingerprint density at radius 1 is 1.17 bits per heavy atom. The number of esters is 1. The van der Waals surface area contributed by atoms with Crippen LogP contribution in [0.25, 0.3) is 11.0 Å². The van der Waals surface area contributed by atoms with Crippen LogP contribution in [-0.4, -0.2) is 60.0 Å². The van der Waals surface area contributed by atoms with Crippen LogP contribution < -0.4 is 5.62 Å². The van der Waals surface area contributed by atoms with E-state index in [0.29, 0.717) is 12.2 Å². The van der Waals surface area contributed by atoms with Crippen molar-refractivity contribution < 1.29 is 14.3 Å². The number of methoxy groups -OCH3 is 1. The molecule has 0 amide bonds. The van der Waals surface area contributed by atoms with Gasteiger partial charge in [0.25, 0.3) is 0 Å². The summed E-state index contributed by atoms with van der Waals surface area (Å²) in [6.45, 7) is 5.02. The van der Waals surface area contributed by atoms with Crippen LogP contribution in [0.1, 0.15) is 0 Å². The number of nitrogens with one attached hydrogen (secondary N) is 1. The van der Waals surface area contributed by atoms with Gasteiger partial charge in [-0.1, -0.05) is 12.1 Å².